The first-order valence-corrected chi connectivity index (χ1v) is 27.5. The third-order valence-corrected chi connectivity index (χ3v) is 14.8. The first-order chi connectivity index (χ1) is 39.6. The average Bonchev–Trinajstić information content (AvgIpc) is 3.53. The molecule has 0 unspecified atom stereocenters. The Kier molecular flexibility index (Phi) is 26.3. The summed E-state index contributed by atoms with van der Waals surface area (Å²) in [6.07, 6.45) is -56.8. The van der Waals surface area contributed by atoms with Gasteiger partial charge in [-0.2, -0.15) is 8.42 Å². The summed E-state index contributed by atoms with van der Waals surface area (Å²) in [5.41, 5.74) is 0. The van der Waals surface area contributed by atoms with Gasteiger partial charge < -0.3 is 155 Å². The Balaban J connectivity index is 1.52. The predicted octanol–water partition coefficient (Wildman–Crippen LogP) is -14.0. The van der Waals surface area contributed by atoms with Gasteiger partial charge in [0.2, 0.25) is 17.7 Å². The molecule has 85 heavy (non-hydrogen) atoms. The van der Waals surface area contributed by atoms with E-state index >= 15 is 0 Å². The summed E-state index contributed by atoms with van der Waals surface area (Å²) >= 11 is 0. The molecule has 0 aliphatic carbocycles. The van der Waals surface area contributed by atoms with Gasteiger partial charge in [-0.15, -0.1) is 0 Å². The van der Waals surface area contributed by atoms with Crippen LogP contribution in [0.2, 0.25) is 0 Å². The number of amides is 3. The van der Waals surface area contributed by atoms with E-state index in [2.05, 4.69) is 20.1 Å². The van der Waals surface area contributed by atoms with Crippen molar-refractivity contribution in [2.24, 2.45) is 0 Å². The van der Waals surface area contributed by atoms with Crippen LogP contribution >= 0.6 is 0 Å². The van der Waals surface area contributed by atoms with Crippen molar-refractivity contribution in [1.29, 1.82) is 0 Å². The van der Waals surface area contributed by atoms with E-state index in [0.29, 0.717) is 0 Å². The smallest absolute Gasteiger partial charge is 0.397 e. The highest BCUT2D eigenvalue weighted by Gasteiger charge is 2.61. The quantitative estimate of drug-likeness (QED) is 0.0340. The number of aliphatic carboxylic acids is 1. The maximum atomic E-state index is 13.1. The van der Waals surface area contributed by atoms with E-state index in [4.69, 9.17) is 47.4 Å². The lowest BCUT2D eigenvalue weighted by Crippen LogP contribution is -2.70. The standard InChI is InChI=1S/C45H77N3O36S/c1-12-25(59)30(64)32(66)41(76-12)82-38-24(48-15(4)55)40(79-22(11-75-85(71,72)73)36(38)81-42-33(67)31(65)28(62)20(8-51)77-42)74-10-19(58)27(61)35(16(6-49)46-13(2)53)80-43-34(68)39(29(63)21(9-52)78-43)84-45(44(69)70)5-17(56)23(47-14(3)54)37(83-45)26(60)18(57)7-50/h12,16-43,49-52,56-68H,5-11H2,1-4H3,(H,46,53)(H,47,54)(H,48,55)(H,69,70)(H,71,72,73)/t12-,16-,17-,18+,19+,20+,21+,22+,23+,24+,25+,26+,27-,28-,29-,30+,31-,32-,33+,34+,35+,36+,37+,38+,39-,40+,41-,42-,43-,45-/m0/s1. The molecule has 0 aromatic rings. The molecule has 0 spiro atoms. The molecular weight excluding hydrogens is 1190 g/mol. The fourth-order valence-corrected chi connectivity index (χ4v) is 10.3. The number of carbonyl (C=O) groups is 4. The molecule has 5 fully saturated rings. The van der Waals surface area contributed by atoms with Crippen molar-refractivity contribution in [3.05, 3.63) is 0 Å². The second-order valence-corrected chi connectivity index (χ2v) is 21.8. The van der Waals surface area contributed by atoms with Crippen LogP contribution in [0.1, 0.15) is 34.1 Å². The monoisotopic (exact) mass is 1270 g/mol. The fourth-order valence-electron chi connectivity index (χ4n) is 10.0. The third-order valence-electron chi connectivity index (χ3n) is 14.4. The van der Waals surface area contributed by atoms with Crippen LogP contribution in [0.5, 0.6) is 0 Å². The number of hydrogen-bond donors (Lipinski definition) is 22. The minimum Gasteiger partial charge on any atom is -0.477 e. The Morgan fingerprint density at radius 2 is 1.16 bits per heavy atom. The topological polar surface area (TPSA) is 624 Å². The molecule has 5 aliphatic heterocycles. The maximum Gasteiger partial charge on any atom is 0.397 e. The molecule has 0 saturated carbocycles. The largest absolute Gasteiger partial charge is 0.477 e. The zero-order valence-electron chi connectivity index (χ0n) is 45.5. The number of aliphatic hydroxyl groups is 17. The number of aliphatic hydroxyl groups excluding tert-OH is 17. The highest BCUT2D eigenvalue weighted by Crippen LogP contribution is 2.39. The molecule has 30 atom stereocenters. The lowest BCUT2D eigenvalue weighted by molar-refractivity contribution is -0.377. The van der Waals surface area contributed by atoms with Crippen molar-refractivity contribution < 1.29 is 176 Å². The number of carboxylic acid groups (broad SMARTS) is 1. The Hall–Kier alpha value is -3.33. The molecule has 5 heterocycles. The van der Waals surface area contributed by atoms with E-state index < -0.39 is 264 Å². The van der Waals surface area contributed by atoms with Crippen molar-refractivity contribution in [1.82, 2.24) is 16.0 Å². The summed E-state index contributed by atoms with van der Waals surface area (Å²) in [5, 5.41) is 201. The van der Waals surface area contributed by atoms with E-state index in [0.717, 1.165) is 20.8 Å². The Morgan fingerprint density at radius 1 is 0.624 bits per heavy atom. The van der Waals surface area contributed by atoms with Crippen molar-refractivity contribution in [2.75, 3.05) is 39.6 Å². The van der Waals surface area contributed by atoms with Gasteiger partial charge in [-0.1, -0.05) is 0 Å². The van der Waals surface area contributed by atoms with Gasteiger partial charge in [0.15, 0.2) is 25.2 Å². The zero-order chi connectivity index (χ0) is 63.9. The van der Waals surface area contributed by atoms with Crippen LogP contribution < -0.4 is 16.0 Å². The highest BCUT2D eigenvalue weighted by molar-refractivity contribution is 7.80. The molecule has 5 aliphatic rings. The number of carboxylic acids is 1. The number of ether oxygens (including phenoxy) is 10. The fraction of sp³-hybridized carbons (Fsp3) is 0.911. The minimum absolute atomic E-state index is 0.864. The highest BCUT2D eigenvalue weighted by atomic mass is 32.3. The summed E-state index contributed by atoms with van der Waals surface area (Å²) in [5.74, 6) is -8.24. The van der Waals surface area contributed by atoms with Gasteiger partial charge in [0.1, 0.15) is 128 Å². The average molecular weight is 1270 g/mol. The molecule has 39 nitrogen and oxygen atoms in total. The molecule has 0 aromatic carbocycles. The van der Waals surface area contributed by atoms with Gasteiger partial charge in [0.25, 0.3) is 5.79 Å². The molecule has 3 amide bonds. The van der Waals surface area contributed by atoms with Crippen molar-refractivity contribution >= 4 is 34.1 Å². The molecular formula is C45H77N3O36S. The Bertz CT molecular complexity index is 2280. The minimum atomic E-state index is -5.45. The second-order valence-electron chi connectivity index (χ2n) is 20.7. The summed E-state index contributed by atoms with van der Waals surface area (Å²) < 4.78 is 95.7. The molecule has 5 saturated heterocycles. The van der Waals surface area contributed by atoms with Crippen LogP contribution in [-0.2, 0) is 81.1 Å². The SMILES string of the molecule is CC(=O)N[C@H]1[C@H](OC[C@@H](O)[C@H](O)[C@H](O[C@@H]2O[C@H](CO)[C@H](O)[C@H](O[C@]3(C(=O)O)C[C@H](O)[C@@H](NC(C)=O)[C@H]([C@H](O)[C@H](O)CO)O3)[C@H]2O)[C@H](CO)NC(C)=O)O[C@H](COS(=O)(=O)O)[C@@H](O[C@@H]2O[C@H](CO)[C@H](O)[C@H](O)[C@H]2O)[C@@H]1O[C@@H]1O[C@@H](C)[C@@H](O)[C@@H](O)[C@@H]1O. The number of rotatable bonds is 27. The molecule has 5 rings (SSSR count). The first-order valence-electron chi connectivity index (χ1n) is 26.2. The summed E-state index contributed by atoms with van der Waals surface area (Å²) in [4.78, 5) is 50.7. The Labute approximate surface area is 481 Å². The van der Waals surface area contributed by atoms with Crippen molar-refractivity contribution in [2.45, 2.75) is 217 Å². The maximum absolute atomic E-state index is 13.1. The Morgan fingerprint density at radius 3 is 1.71 bits per heavy atom. The summed E-state index contributed by atoms with van der Waals surface area (Å²) in [6.45, 7) is -3.29. The normalized spacial score (nSPS) is 41.3. The first kappa shape index (κ1) is 72.4. The van der Waals surface area contributed by atoms with Crippen LogP contribution in [0.25, 0.3) is 0 Å². The molecule has 494 valence electrons. The molecule has 0 radical (unpaired) electrons. The van der Waals surface area contributed by atoms with Gasteiger partial charge in [-0.3, -0.25) is 18.9 Å². The van der Waals surface area contributed by atoms with Gasteiger partial charge in [0.05, 0.1) is 63.9 Å². The number of nitrogens with one attached hydrogen (secondary N) is 3. The van der Waals surface area contributed by atoms with E-state index in [9.17, 15) is 124 Å². The van der Waals surface area contributed by atoms with Crippen LogP contribution in [0.4, 0.5) is 0 Å². The van der Waals surface area contributed by atoms with Crippen molar-refractivity contribution in [3.8, 4) is 0 Å². The number of carbonyl (C=O) groups excluding carboxylic acids is 3. The van der Waals surface area contributed by atoms with Crippen LogP contribution in [0, 0.1) is 0 Å². The summed E-state index contributed by atoms with van der Waals surface area (Å²) in [6, 6.07) is -5.57. The molecule has 40 heteroatoms. The van der Waals surface area contributed by atoms with Crippen LogP contribution in [0.15, 0.2) is 0 Å². The lowest BCUT2D eigenvalue weighted by atomic mass is 9.88. The molecule has 22 N–H and O–H groups in total. The number of hydrogen-bond acceptors (Lipinski definition) is 34. The van der Waals surface area contributed by atoms with Crippen LogP contribution in [0.3, 0.4) is 0 Å². The van der Waals surface area contributed by atoms with Gasteiger partial charge in [0, 0.05) is 27.2 Å². The van der Waals surface area contributed by atoms with E-state index in [-0.39, 0.29) is 0 Å². The van der Waals surface area contributed by atoms with Gasteiger partial charge in [-0.05, 0) is 6.92 Å². The summed E-state index contributed by atoms with van der Waals surface area (Å²) in [7, 11) is -5.45. The molecule has 0 aromatic heterocycles. The van der Waals surface area contributed by atoms with Gasteiger partial charge >= 0.3 is 16.4 Å². The van der Waals surface area contributed by atoms with Crippen LogP contribution in [-0.4, -0.2) is 352 Å². The van der Waals surface area contributed by atoms with E-state index in [1.165, 1.54) is 6.92 Å². The predicted molar refractivity (Wildman–Crippen MR) is 262 cm³/mol. The van der Waals surface area contributed by atoms with Gasteiger partial charge in [-0.25, -0.2) is 8.98 Å². The van der Waals surface area contributed by atoms with Crippen molar-refractivity contribution in [3.63, 3.8) is 0 Å². The second kappa shape index (κ2) is 30.9. The van der Waals surface area contributed by atoms with E-state index in [1.807, 2.05) is 0 Å². The zero-order valence-corrected chi connectivity index (χ0v) is 46.4. The third kappa shape index (κ3) is 17.5. The lowest BCUT2D eigenvalue weighted by Gasteiger charge is -2.50. The molecule has 0 bridgehead atoms. The van der Waals surface area contributed by atoms with E-state index in [1.54, 1.807) is 0 Å².